The first-order valence-corrected chi connectivity index (χ1v) is 12.2. The Hall–Kier alpha value is -3.27. The summed E-state index contributed by atoms with van der Waals surface area (Å²) in [5, 5.41) is 5.17. The second-order valence-electron chi connectivity index (χ2n) is 8.14. The van der Waals surface area contributed by atoms with E-state index in [1.807, 2.05) is 70.9 Å². The zero-order chi connectivity index (χ0) is 23.8. The SMILES string of the molecule is N[C@@H](C(=O)N1CCN(CCc2csc(NC(=O)OCc3ccccc3)n2)CC1)c1ccccc1. The fourth-order valence-corrected chi connectivity index (χ4v) is 4.52. The van der Waals surface area contributed by atoms with E-state index in [0.717, 1.165) is 42.9 Å². The van der Waals surface area contributed by atoms with E-state index in [1.165, 1.54) is 11.3 Å². The number of nitrogens with zero attached hydrogens (tertiary/aromatic N) is 3. The molecule has 2 amide bonds. The van der Waals surface area contributed by atoms with E-state index >= 15 is 0 Å². The van der Waals surface area contributed by atoms with Gasteiger partial charge in [-0.25, -0.2) is 9.78 Å². The monoisotopic (exact) mass is 479 g/mol. The Labute approximate surface area is 203 Å². The lowest BCUT2D eigenvalue weighted by Crippen LogP contribution is -2.51. The lowest BCUT2D eigenvalue weighted by Gasteiger charge is -2.35. The lowest BCUT2D eigenvalue weighted by molar-refractivity contribution is -0.134. The first-order valence-electron chi connectivity index (χ1n) is 11.3. The number of amides is 2. The quantitative estimate of drug-likeness (QED) is 0.514. The van der Waals surface area contributed by atoms with E-state index in [0.29, 0.717) is 18.2 Å². The fraction of sp³-hybridized carbons (Fsp3) is 0.320. The summed E-state index contributed by atoms with van der Waals surface area (Å²) in [6.07, 6.45) is 0.258. The van der Waals surface area contributed by atoms with Gasteiger partial charge in [0.15, 0.2) is 5.13 Å². The van der Waals surface area contributed by atoms with Crippen molar-refractivity contribution in [3.05, 3.63) is 82.9 Å². The summed E-state index contributed by atoms with van der Waals surface area (Å²) in [7, 11) is 0. The zero-order valence-corrected chi connectivity index (χ0v) is 19.7. The topological polar surface area (TPSA) is 101 Å². The summed E-state index contributed by atoms with van der Waals surface area (Å²) in [5.74, 6) is -0.0276. The molecule has 3 aromatic rings. The summed E-state index contributed by atoms with van der Waals surface area (Å²) < 4.78 is 5.24. The highest BCUT2D eigenvalue weighted by molar-refractivity contribution is 7.13. The van der Waals surface area contributed by atoms with Gasteiger partial charge in [0.1, 0.15) is 12.6 Å². The maximum atomic E-state index is 12.7. The number of nitrogens with two attached hydrogens (primary N) is 1. The number of benzene rings is 2. The molecule has 1 atom stereocenters. The smallest absolute Gasteiger partial charge is 0.413 e. The van der Waals surface area contributed by atoms with Crippen molar-refractivity contribution in [2.45, 2.75) is 19.1 Å². The van der Waals surface area contributed by atoms with Gasteiger partial charge in [-0.1, -0.05) is 60.7 Å². The van der Waals surface area contributed by atoms with Crippen LogP contribution in [0.2, 0.25) is 0 Å². The predicted octanol–water partition coefficient (Wildman–Crippen LogP) is 3.28. The van der Waals surface area contributed by atoms with Gasteiger partial charge in [0.25, 0.3) is 0 Å². The minimum Gasteiger partial charge on any atom is -0.444 e. The molecule has 1 aromatic heterocycles. The molecule has 178 valence electrons. The van der Waals surface area contributed by atoms with Crippen LogP contribution in [0.4, 0.5) is 9.93 Å². The van der Waals surface area contributed by atoms with Gasteiger partial charge in [0.2, 0.25) is 5.91 Å². The van der Waals surface area contributed by atoms with Crippen molar-refractivity contribution in [1.29, 1.82) is 0 Å². The third kappa shape index (κ3) is 6.63. The maximum Gasteiger partial charge on any atom is 0.413 e. The van der Waals surface area contributed by atoms with Crippen LogP contribution in [0.3, 0.4) is 0 Å². The Morgan fingerprint density at radius 1 is 1.03 bits per heavy atom. The van der Waals surface area contributed by atoms with Crippen molar-refractivity contribution in [1.82, 2.24) is 14.8 Å². The van der Waals surface area contributed by atoms with Crippen LogP contribution in [0.25, 0.3) is 0 Å². The highest BCUT2D eigenvalue weighted by atomic mass is 32.1. The van der Waals surface area contributed by atoms with Crippen molar-refractivity contribution in [2.75, 3.05) is 38.0 Å². The molecule has 1 saturated heterocycles. The second-order valence-corrected chi connectivity index (χ2v) is 8.99. The highest BCUT2D eigenvalue weighted by Gasteiger charge is 2.26. The number of anilines is 1. The van der Waals surface area contributed by atoms with E-state index < -0.39 is 12.1 Å². The van der Waals surface area contributed by atoms with Crippen molar-refractivity contribution < 1.29 is 14.3 Å². The normalized spacial score (nSPS) is 15.0. The van der Waals surface area contributed by atoms with E-state index in [2.05, 4.69) is 15.2 Å². The Morgan fingerprint density at radius 3 is 2.41 bits per heavy atom. The van der Waals surface area contributed by atoms with Crippen LogP contribution in [-0.4, -0.2) is 59.5 Å². The number of thiazole rings is 1. The van der Waals surface area contributed by atoms with Crippen LogP contribution < -0.4 is 11.1 Å². The number of nitrogens with one attached hydrogen (secondary N) is 1. The number of hydrogen-bond acceptors (Lipinski definition) is 7. The van der Waals surface area contributed by atoms with Crippen molar-refractivity contribution in [3.63, 3.8) is 0 Å². The summed E-state index contributed by atoms with van der Waals surface area (Å²) in [6, 6.07) is 18.4. The molecule has 2 heterocycles. The molecule has 0 bridgehead atoms. The van der Waals surface area contributed by atoms with Gasteiger partial charge in [-0.3, -0.25) is 15.0 Å². The third-order valence-electron chi connectivity index (χ3n) is 5.77. The molecule has 34 heavy (non-hydrogen) atoms. The van der Waals surface area contributed by atoms with E-state index in [9.17, 15) is 9.59 Å². The molecule has 8 nitrogen and oxygen atoms in total. The Balaban J connectivity index is 1.17. The number of carbonyl (C=O) groups is 2. The summed E-state index contributed by atoms with van der Waals surface area (Å²) in [5.41, 5.74) is 8.87. The van der Waals surface area contributed by atoms with Gasteiger partial charge in [0, 0.05) is 44.5 Å². The average Bonchev–Trinajstić information content (AvgIpc) is 3.34. The number of carbonyl (C=O) groups excluding carboxylic acids is 2. The molecule has 1 aliphatic rings. The molecule has 1 fully saturated rings. The van der Waals surface area contributed by atoms with Crippen molar-refractivity contribution in [2.24, 2.45) is 5.73 Å². The van der Waals surface area contributed by atoms with E-state index in [1.54, 1.807) is 0 Å². The fourth-order valence-electron chi connectivity index (χ4n) is 3.79. The van der Waals surface area contributed by atoms with Crippen LogP contribution >= 0.6 is 11.3 Å². The lowest BCUT2D eigenvalue weighted by atomic mass is 10.1. The van der Waals surface area contributed by atoms with Gasteiger partial charge in [0.05, 0.1) is 5.69 Å². The van der Waals surface area contributed by atoms with Crippen molar-refractivity contribution in [3.8, 4) is 0 Å². The molecule has 0 saturated carbocycles. The molecule has 2 aromatic carbocycles. The molecular weight excluding hydrogens is 450 g/mol. The maximum absolute atomic E-state index is 12.7. The Bertz CT molecular complexity index is 1070. The summed E-state index contributed by atoms with van der Waals surface area (Å²) >= 11 is 1.38. The average molecular weight is 480 g/mol. The summed E-state index contributed by atoms with van der Waals surface area (Å²) in [4.78, 5) is 33.4. The standard InChI is InChI=1S/C25H29N5O3S/c26-22(20-9-5-2-6-10-20)23(31)30-15-13-29(14-16-30)12-11-21-18-34-24(27-21)28-25(32)33-17-19-7-3-1-4-8-19/h1-10,18,22H,11-17,26H2,(H,27,28,32)/t22-/m1/s1. The molecule has 1 aliphatic heterocycles. The predicted molar refractivity (Wildman–Crippen MR) is 132 cm³/mol. The first-order chi connectivity index (χ1) is 16.6. The second kappa shape index (κ2) is 11.7. The molecule has 0 unspecified atom stereocenters. The Kier molecular flexibility index (Phi) is 8.24. The van der Waals surface area contributed by atoms with Gasteiger partial charge >= 0.3 is 6.09 Å². The van der Waals surface area contributed by atoms with Crippen LogP contribution in [0.15, 0.2) is 66.0 Å². The molecule has 0 spiro atoms. The number of hydrogen-bond donors (Lipinski definition) is 2. The zero-order valence-electron chi connectivity index (χ0n) is 18.9. The van der Waals surface area contributed by atoms with Gasteiger partial charge in [-0.2, -0.15) is 0 Å². The number of piperazine rings is 1. The Morgan fingerprint density at radius 2 is 1.71 bits per heavy atom. The molecule has 3 N–H and O–H groups in total. The van der Waals surface area contributed by atoms with Gasteiger partial charge in [-0.05, 0) is 11.1 Å². The van der Waals surface area contributed by atoms with Crippen LogP contribution in [0.1, 0.15) is 22.9 Å². The van der Waals surface area contributed by atoms with Crippen LogP contribution in [0, 0.1) is 0 Å². The highest BCUT2D eigenvalue weighted by Crippen LogP contribution is 2.18. The minimum absolute atomic E-state index is 0.0276. The number of aromatic nitrogens is 1. The molecule has 0 aliphatic carbocycles. The largest absolute Gasteiger partial charge is 0.444 e. The minimum atomic E-state index is -0.618. The number of rotatable bonds is 8. The van der Waals surface area contributed by atoms with E-state index in [4.69, 9.17) is 10.5 Å². The van der Waals surface area contributed by atoms with Crippen molar-refractivity contribution >= 4 is 28.5 Å². The van der Waals surface area contributed by atoms with Crippen LogP contribution in [0.5, 0.6) is 0 Å². The van der Waals surface area contributed by atoms with Gasteiger partial charge < -0.3 is 15.4 Å². The molecular formula is C25H29N5O3S. The van der Waals surface area contributed by atoms with E-state index in [-0.39, 0.29) is 12.5 Å². The molecule has 9 heteroatoms. The van der Waals surface area contributed by atoms with Crippen LogP contribution in [-0.2, 0) is 22.6 Å². The number of ether oxygens (including phenoxy) is 1. The first kappa shape index (κ1) is 23.9. The summed E-state index contributed by atoms with van der Waals surface area (Å²) in [6.45, 7) is 3.99. The third-order valence-corrected chi connectivity index (χ3v) is 6.57. The van der Waals surface area contributed by atoms with Gasteiger partial charge in [-0.15, -0.1) is 11.3 Å². The molecule has 4 rings (SSSR count). The molecule has 0 radical (unpaired) electrons.